The molecule has 3 rings (SSSR count). The first-order valence-electron chi connectivity index (χ1n) is 9.63. The molecule has 0 unspecified atom stereocenters. The number of aromatic nitrogens is 2. The molecule has 146 valence electrons. The van der Waals surface area contributed by atoms with Crippen LogP contribution in [0.15, 0.2) is 48.5 Å². The average Bonchev–Trinajstić information content (AvgIpc) is 2.80. The minimum absolute atomic E-state index is 0.507. The van der Waals surface area contributed by atoms with E-state index in [1.54, 1.807) is 0 Å². The van der Waals surface area contributed by atoms with Crippen LogP contribution in [0.1, 0.15) is 22.5 Å². The fourth-order valence-corrected chi connectivity index (χ4v) is 3.01. The standard InChI is InChI=1S/C30H16N2/c1-5-7-9-11-21-27-29(25-19-15-13-17-23(25)3)28(22-12-10-8-6-2)32-30(31-27)26-20-16-14-18-24(26)4/h1-2,13-20H,3-4H3. The van der Waals surface area contributed by atoms with E-state index in [1.165, 1.54) is 0 Å². The zero-order valence-corrected chi connectivity index (χ0v) is 17.7. The first-order valence-corrected chi connectivity index (χ1v) is 9.63. The molecular formula is C30H16N2. The van der Waals surface area contributed by atoms with Gasteiger partial charge < -0.3 is 0 Å². The van der Waals surface area contributed by atoms with Gasteiger partial charge in [0, 0.05) is 5.56 Å². The van der Waals surface area contributed by atoms with Crippen LogP contribution < -0.4 is 0 Å². The van der Waals surface area contributed by atoms with E-state index in [-0.39, 0.29) is 0 Å². The van der Waals surface area contributed by atoms with Gasteiger partial charge in [-0.15, -0.1) is 12.8 Å². The molecule has 2 heteroatoms. The van der Waals surface area contributed by atoms with E-state index in [0.29, 0.717) is 22.8 Å². The minimum Gasteiger partial charge on any atom is -0.219 e. The van der Waals surface area contributed by atoms with Crippen LogP contribution in [0.3, 0.4) is 0 Å². The molecular weight excluding hydrogens is 388 g/mol. The number of hydrogen-bond acceptors (Lipinski definition) is 2. The quantitative estimate of drug-likeness (QED) is 0.592. The molecule has 32 heavy (non-hydrogen) atoms. The maximum absolute atomic E-state index is 5.21. The normalized spacial score (nSPS) is 8.50. The van der Waals surface area contributed by atoms with Gasteiger partial charge in [0.1, 0.15) is 11.4 Å². The summed E-state index contributed by atoms with van der Waals surface area (Å²) in [5, 5.41) is 0. The number of hydrogen-bond donors (Lipinski definition) is 0. The van der Waals surface area contributed by atoms with Crippen molar-refractivity contribution in [3.63, 3.8) is 0 Å². The van der Waals surface area contributed by atoms with Crippen molar-refractivity contribution in [3.05, 3.63) is 71.0 Å². The third-order valence-corrected chi connectivity index (χ3v) is 4.47. The highest BCUT2D eigenvalue weighted by atomic mass is 14.9. The molecule has 3 aromatic rings. The Morgan fingerprint density at radius 1 is 0.594 bits per heavy atom. The molecule has 0 amide bonds. The van der Waals surface area contributed by atoms with Crippen molar-refractivity contribution in [2.24, 2.45) is 0 Å². The summed E-state index contributed by atoms with van der Waals surface area (Å²) in [5.74, 6) is 27.0. The van der Waals surface area contributed by atoms with E-state index in [2.05, 4.69) is 59.2 Å². The van der Waals surface area contributed by atoms with Crippen molar-refractivity contribution in [2.75, 3.05) is 0 Å². The van der Waals surface area contributed by atoms with Crippen LogP contribution in [0.25, 0.3) is 22.5 Å². The summed E-state index contributed by atoms with van der Waals surface area (Å²) in [6.45, 7) is 4.01. The molecule has 0 spiro atoms. The first kappa shape index (κ1) is 21.6. The van der Waals surface area contributed by atoms with E-state index in [9.17, 15) is 0 Å². The highest BCUT2D eigenvalue weighted by molar-refractivity contribution is 5.79. The monoisotopic (exact) mass is 404 g/mol. The van der Waals surface area contributed by atoms with Crippen molar-refractivity contribution in [2.45, 2.75) is 13.8 Å². The Morgan fingerprint density at radius 2 is 1.06 bits per heavy atom. The molecule has 0 bridgehead atoms. The smallest absolute Gasteiger partial charge is 0.162 e. The third-order valence-electron chi connectivity index (χ3n) is 4.47. The van der Waals surface area contributed by atoms with Gasteiger partial charge in [-0.3, -0.25) is 0 Å². The Kier molecular flexibility index (Phi) is 7.15. The van der Waals surface area contributed by atoms with Crippen LogP contribution in [0.5, 0.6) is 0 Å². The van der Waals surface area contributed by atoms with Gasteiger partial charge in [0.25, 0.3) is 0 Å². The Bertz CT molecular complexity index is 1460. The van der Waals surface area contributed by atoms with Gasteiger partial charge in [0.15, 0.2) is 5.82 Å². The topological polar surface area (TPSA) is 25.8 Å². The van der Waals surface area contributed by atoms with Gasteiger partial charge in [-0.25, -0.2) is 9.97 Å². The molecule has 0 fully saturated rings. The molecule has 0 aliphatic heterocycles. The molecule has 2 aromatic carbocycles. The van der Waals surface area contributed by atoms with Crippen molar-refractivity contribution in [3.8, 4) is 94.6 Å². The molecule has 1 heterocycles. The third kappa shape index (κ3) is 5.07. The second-order valence-electron chi connectivity index (χ2n) is 6.54. The number of aryl methyl sites for hydroxylation is 2. The van der Waals surface area contributed by atoms with Crippen molar-refractivity contribution < 1.29 is 0 Å². The Labute approximate surface area is 189 Å². The summed E-state index contributed by atoms with van der Waals surface area (Å²) >= 11 is 0. The maximum atomic E-state index is 5.21. The zero-order chi connectivity index (χ0) is 22.8. The lowest BCUT2D eigenvalue weighted by molar-refractivity contribution is 1.13. The first-order chi connectivity index (χ1) is 15.7. The SMILES string of the molecule is C#CC#CC#Cc1nc(-c2ccccc2C)nc(C#CC#CC#C)c1-c1ccccc1C. The van der Waals surface area contributed by atoms with Gasteiger partial charge in [-0.1, -0.05) is 48.5 Å². The molecule has 0 aliphatic rings. The molecule has 0 saturated heterocycles. The summed E-state index contributed by atoms with van der Waals surface area (Å²) in [6.07, 6.45) is 10.4. The van der Waals surface area contributed by atoms with Gasteiger partial charge in [0.2, 0.25) is 0 Å². The summed E-state index contributed by atoms with van der Waals surface area (Å²) in [4.78, 5) is 9.57. The largest absolute Gasteiger partial charge is 0.219 e. The van der Waals surface area contributed by atoms with Crippen molar-refractivity contribution >= 4 is 0 Å². The summed E-state index contributed by atoms with van der Waals surface area (Å²) < 4.78 is 0. The zero-order valence-electron chi connectivity index (χ0n) is 17.7. The van der Waals surface area contributed by atoms with Crippen molar-refractivity contribution in [1.82, 2.24) is 9.97 Å². The maximum Gasteiger partial charge on any atom is 0.162 e. The lowest BCUT2D eigenvalue weighted by atomic mass is 9.96. The van der Waals surface area contributed by atoms with Crippen LogP contribution in [0.4, 0.5) is 0 Å². The fraction of sp³-hybridized carbons (Fsp3) is 0.0667. The van der Waals surface area contributed by atoms with Gasteiger partial charge >= 0.3 is 0 Å². The van der Waals surface area contributed by atoms with Crippen LogP contribution in [-0.2, 0) is 0 Å². The highest BCUT2D eigenvalue weighted by Crippen LogP contribution is 2.30. The van der Waals surface area contributed by atoms with Crippen LogP contribution in [-0.4, -0.2) is 9.97 Å². The second kappa shape index (κ2) is 10.6. The molecule has 2 nitrogen and oxygen atoms in total. The Morgan fingerprint density at radius 3 is 1.53 bits per heavy atom. The van der Waals surface area contributed by atoms with Crippen molar-refractivity contribution in [1.29, 1.82) is 0 Å². The summed E-state index contributed by atoms with van der Waals surface area (Å²) in [7, 11) is 0. The lowest BCUT2D eigenvalue weighted by Crippen LogP contribution is -2.03. The fourth-order valence-electron chi connectivity index (χ4n) is 3.01. The molecule has 0 N–H and O–H groups in total. The van der Waals surface area contributed by atoms with E-state index in [4.69, 9.17) is 22.8 Å². The van der Waals surface area contributed by atoms with Gasteiger partial charge in [-0.05, 0) is 89.7 Å². The van der Waals surface area contributed by atoms with E-state index in [0.717, 1.165) is 22.3 Å². The van der Waals surface area contributed by atoms with Gasteiger partial charge in [0.05, 0.1) is 5.56 Å². The predicted molar refractivity (Wildman–Crippen MR) is 129 cm³/mol. The summed E-state index contributed by atoms with van der Waals surface area (Å²) in [5.41, 5.74) is 5.61. The lowest BCUT2D eigenvalue weighted by Gasteiger charge is -2.13. The predicted octanol–water partition coefficient (Wildman–Crippen LogP) is 4.40. The number of terminal acetylenes is 2. The van der Waals surface area contributed by atoms with Crippen LogP contribution in [0, 0.1) is 85.9 Å². The van der Waals surface area contributed by atoms with E-state index >= 15 is 0 Å². The van der Waals surface area contributed by atoms with E-state index in [1.807, 2.05) is 62.4 Å². The Balaban J connectivity index is 2.40. The highest BCUT2D eigenvalue weighted by Gasteiger charge is 2.17. The number of rotatable bonds is 2. The minimum atomic E-state index is 0.507. The molecule has 0 radical (unpaired) electrons. The average molecular weight is 404 g/mol. The molecule has 0 atom stereocenters. The molecule has 0 saturated carbocycles. The van der Waals surface area contributed by atoms with E-state index < -0.39 is 0 Å². The number of benzene rings is 2. The van der Waals surface area contributed by atoms with Crippen LogP contribution >= 0.6 is 0 Å². The second-order valence-corrected chi connectivity index (χ2v) is 6.54. The molecule has 1 aromatic heterocycles. The summed E-state index contributed by atoms with van der Waals surface area (Å²) in [6, 6.07) is 15.8. The van der Waals surface area contributed by atoms with Crippen LogP contribution in [0.2, 0.25) is 0 Å². The number of nitrogens with zero attached hydrogens (tertiary/aromatic N) is 2. The molecule has 0 aliphatic carbocycles. The Hall–Kier alpha value is -5.12. The van der Waals surface area contributed by atoms with Gasteiger partial charge in [-0.2, -0.15) is 0 Å².